The van der Waals surface area contributed by atoms with Gasteiger partial charge in [-0.15, -0.1) is 0 Å². The molecule has 1 amide bonds. The van der Waals surface area contributed by atoms with Crippen molar-refractivity contribution in [3.63, 3.8) is 0 Å². The topological polar surface area (TPSA) is 76.1 Å². The number of hydrogen-bond acceptors (Lipinski definition) is 5. The fraction of sp³-hybridized carbons (Fsp3) is 0.143. The van der Waals surface area contributed by atoms with E-state index in [-0.39, 0.29) is 11.3 Å². The van der Waals surface area contributed by atoms with Crippen molar-refractivity contribution in [1.82, 2.24) is 9.71 Å². The molecule has 0 unspecified atom stereocenters. The van der Waals surface area contributed by atoms with Crippen molar-refractivity contribution in [2.45, 2.75) is 28.0 Å². The fourth-order valence-corrected chi connectivity index (χ4v) is 4.03. The number of carbonyl (C=O) groups is 1. The number of carbonyl (C=O) groups excluding carboxylic acids is 1. The van der Waals surface area contributed by atoms with E-state index in [1.807, 2.05) is 4.72 Å². The number of rotatable bonds is 5. The van der Waals surface area contributed by atoms with Gasteiger partial charge in [0, 0.05) is 33.6 Å². The molecule has 2 rings (SSSR count). The summed E-state index contributed by atoms with van der Waals surface area (Å²) in [7, 11) is -3.94. The third kappa shape index (κ3) is 4.22. The summed E-state index contributed by atoms with van der Waals surface area (Å²) in [6, 6.07) is 8.60. The van der Waals surface area contributed by atoms with E-state index in [0.29, 0.717) is 9.92 Å². The highest BCUT2D eigenvalue weighted by atomic mass is 35.5. The van der Waals surface area contributed by atoms with Gasteiger partial charge >= 0.3 is 0 Å². The lowest BCUT2D eigenvalue weighted by Gasteiger charge is -2.10. The maximum Gasteiger partial charge on any atom is 0.266 e. The maximum absolute atomic E-state index is 12.3. The Kier molecular flexibility index (Phi) is 5.44. The summed E-state index contributed by atoms with van der Waals surface area (Å²) in [6.07, 6.45) is 2.81. The molecule has 2 aromatic rings. The Morgan fingerprint density at radius 2 is 1.95 bits per heavy atom. The standard InChI is InChI=1S/C14H13ClN2O3S2/c1-2-14(18)17-22(19,20)13-9-16-8-7-12(13)21-11-5-3-10(15)4-6-11/h3-9H,2H2,1H3,(H,17,18). The summed E-state index contributed by atoms with van der Waals surface area (Å²) >= 11 is 7.08. The quantitative estimate of drug-likeness (QED) is 0.890. The van der Waals surface area contributed by atoms with Crippen molar-refractivity contribution in [3.05, 3.63) is 47.7 Å². The molecule has 0 radical (unpaired) electrons. The third-order valence-corrected chi connectivity index (χ3v) is 5.51. The lowest BCUT2D eigenvalue weighted by Crippen LogP contribution is -2.30. The summed E-state index contributed by atoms with van der Waals surface area (Å²) in [6.45, 7) is 1.58. The molecular formula is C14H13ClN2O3S2. The molecule has 0 fully saturated rings. The van der Waals surface area contributed by atoms with E-state index in [4.69, 9.17) is 11.6 Å². The van der Waals surface area contributed by atoms with E-state index >= 15 is 0 Å². The van der Waals surface area contributed by atoms with Crippen LogP contribution in [0.1, 0.15) is 13.3 Å². The molecule has 0 saturated heterocycles. The van der Waals surface area contributed by atoms with Crippen LogP contribution in [0.3, 0.4) is 0 Å². The third-order valence-electron chi connectivity index (χ3n) is 2.65. The van der Waals surface area contributed by atoms with Crippen LogP contribution in [0.4, 0.5) is 0 Å². The average molecular weight is 357 g/mol. The van der Waals surface area contributed by atoms with Gasteiger partial charge in [0.15, 0.2) is 0 Å². The molecule has 116 valence electrons. The maximum atomic E-state index is 12.3. The first kappa shape index (κ1) is 16.8. The van der Waals surface area contributed by atoms with E-state index in [9.17, 15) is 13.2 Å². The van der Waals surface area contributed by atoms with Gasteiger partial charge < -0.3 is 0 Å². The van der Waals surface area contributed by atoms with Gasteiger partial charge in [0.25, 0.3) is 10.0 Å². The summed E-state index contributed by atoms with van der Waals surface area (Å²) in [5.74, 6) is -0.564. The number of sulfonamides is 1. The SMILES string of the molecule is CCC(=O)NS(=O)(=O)c1cnccc1Sc1ccc(Cl)cc1. The molecule has 0 saturated carbocycles. The molecule has 0 aliphatic carbocycles. The van der Waals surface area contributed by atoms with Crippen molar-refractivity contribution >= 4 is 39.3 Å². The second-order valence-corrected chi connectivity index (χ2v) is 7.46. The van der Waals surface area contributed by atoms with Crippen LogP contribution in [0.15, 0.2) is 57.4 Å². The summed E-state index contributed by atoms with van der Waals surface area (Å²) in [5, 5.41) is 0.599. The Morgan fingerprint density at radius 1 is 1.27 bits per heavy atom. The van der Waals surface area contributed by atoms with Crippen molar-refractivity contribution < 1.29 is 13.2 Å². The number of nitrogens with one attached hydrogen (secondary N) is 1. The second kappa shape index (κ2) is 7.13. The zero-order valence-corrected chi connectivity index (χ0v) is 14.0. The molecule has 1 aromatic carbocycles. The zero-order valence-electron chi connectivity index (χ0n) is 11.6. The Bertz CT molecular complexity index is 777. The number of benzene rings is 1. The first-order valence-electron chi connectivity index (χ1n) is 6.35. The van der Waals surface area contributed by atoms with Crippen molar-refractivity contribution in [2.24, 2.45) is 0 Å². The second-order valence-electron chi connectivity index (χ2n) is 4.26. The first-order valence-corrected chi connectivity index (χ1v) is 9.03. The molecular weight excluding hydrogens is 344 g/mol. The van der Waals surface area contributed by atoms with E-state index in [1.54, 1.807) is 37.3 Å². The van der Waals surface area contributed by atoms with Crippen molar-refractivity contribution in [1.29, 1.82) is 0 Å². The smallest absolute Gasteiger partial charge is 0.266 e. The van der Waals surface area contributed by atoms with Crippen LogP contribution in [0.2, 0.25) is 5.02 Å². The largest absolute Gasteiger partial charge is 0.274 e. The molecule has 1 N–H and O–H groups in total. The van der Waals surface area contributed by atoms with E-state index in [2.05, 4.69) is 4.98 Å². The van der Waals surface area contributed by atoms with Gasteiger partial charge in [-0.25, -0.2) is 13.1 Å². The lowest BCUT2D eigenvalue weighted by molar-refractivity contribution is -0.119. The minimum Gasteiger partial charge on any atom is -0.274 e. The Morgan fingerprint density at radius 3 is 2.59 bits per heavy atom. The minimum atomic E-state index is -3.94. The number of halogens is 1. The molecule has 0 aliphatic heterocycles. The normalized spacial score (nSPS) is 11.2. The molecule has 1 aromatic heterocycles. The van der Waals surface area contributed by atoms with Crippen LogP contribution in [0.5, 0.6) is 0 Å². The van der Waals surface area contributed by atoms with Crippen LogP contribution in [-0.4, -0.2) is 19.3 Å². The summed E-state index contributed by atoms with van der Waals surface area (Å²) in [4.78, 5) is 16.5. The lowest BCUT2D eigenvalue weighted by atomic mass is 10.4. The van der Waals surface area contributed by atoms with Crippen LogP contribution in [0.25, 0.3) is 0 Å². The van der Waals surface area contributed by atoms with Gasteiger partial charge in [-0.1, -0.05) is 30.3 Å². The predicted octanol–water partition coefficient (Wildman–Crippen LogP) is 3.10. The van der Waals surface area contributed by atoms with Crippen LogP contribution in [-0.2, 0) is 14.8 Å². The highest BCUT2D eigenvalue weighted by molar-refractivity contribution is 8.00. The van der Waals surface area contributed by atoms with Crippen LogP contribution < -0.4 is 4.72 Å². The molecule has 0 atom stereocenters. The van der Waals surface area contributed by atoms with E-state index in [0.717, 1.165) is 4.90 Å². The minimum absolute atomic E-state index is 0.0308. The van der Waals surface area contributed by atoms with Crippen molar-refractivity contribution in [3.8, 4) is 0 Å². The molecule has 0 aliphatic rings. The molecule has 1 heterocycles. The summed E-state index contributed by atoms with van der Waals surface area (Å²) in [5.41, 5.74) is 0. The summed E-state index contributed by atoms with van der Waals surface area (Å²) < 4.78 is 26.5. The molecule has 8 heteroatoms. The first-order chi connectivity index (χ1) is 10.4. The predicted molar refractivity (Wildman–Crippen MR) is 85.4 cm³/mol. The molecule has 5 nitrogen and oxygen atoms in total. The Labute approximate surface area is 138 Å². The number of aromatic nitrogens is 1. The Balaban J connectivity index is 2.34. The average Bonchev–Trinajstić information content (AvgIpc) is 2.49. The van der Waals surface area contributed by atoms with Crippen molar-refractivity contribution in [2.75, 3.05) is 0 Å². The van der Waals surface area contributed by atoms with E-state index < -0.39 is 15.9 Å². The fourth-order valence-electron chi connectivity index (χ4n) is 1.56. The van der Waals surface area contributed by atoms with Gasteiger partial charge in [0.1, 0.15) is 4.90 Å². The molecule has 0 spiro atoms. The monoisotopic (exact) mass is 356 g/mol. The van der Waals surface area contributed by atoms with Gasteiger partial charge in [-0.3, -0.25) is 9.78 Å². The molecule has 0 bridgehead atoms. The van der Waals surface area contributed by atoms with Gasteiger partial charge in [0.05, 0.1) is 0 Å². The number of amides is 1. The Hall–Kier alpha value is -1.57. The van der Waals surface area contributed by atoms with Crippen LogP contribution in [0, 0.1) is 0 Å². The van der Waals surface area contributed by atoms with Gasteiger partial charge in [-0.2, -0.15) is 0 Å². The highest BCUT2D eigenvalue weighted by Crippen LogP contribution is 2.32. The van der Waals surface area contributed by atoms with E-state index in [1.165, 1.54) is 24.2 Å². The number of hydrogen-bond donors (Lipinski definition) is 1. The zero-order chi connectivity index (χ0) is 16.2. The number of nitrogens with zero attached hydrogens (tertiary/aromatic N) is 1. The van der Waals surface area contributed by atoms with Gasteiger partial charge in [-0.05, 0) is 30.3 Å². The molecule has 22 heavy (non-hydrogen) atoms. The highest BCUT2D eigenvalue weighted by Gasteiger charge is 2.21. The van der Waals surface area contributed by atoms with Gasteiger partial charge in [0.2, 0.25) is 5.91 Å². The number of pyridine rings is 1. The van der Waals surface area contributed by atoms with Crippen LogP contribution >= 0.6 is 23.4 Å².